The summed E-state index contributed by atoms with van der Waals surface area (Å²) < 4.78 is 40.7. The molecule has 0 aliphatic heterocycles. The van der Waals surface area contributed by atoms with Gasteiger partial charge in [0.25, 0.3) is 5.91 Å². The molecule has 2 aromatic carbocycles. The zero-order valence-electron chi connectivity index (χ0n) is 19.7. The fourth-order valence-corrected chi connectivity index (χ4v) is 4.37. The van der Waals surface area contributed by atoms with Crippen LogP contribution in [0.25, 0.3) is 11.3 Å². The molecule has 1 amide bonds. The van der Waals surface area contributed by atoms with Crippen molar-refractivity contribution >= 4 is 27.1 Å². The molecule has 5 rings (SSSR count). The highest BCUT2D eigenvalue weighted by molar-refractivity contribution is 7.90. The summed E-state index contributed by atoms with van der Waals surface area (Å²) in [6.45, 7) is 1.89. The number of imidazole rings is 1. The second kappa shape index (κ2) is 9.33. The third-order valence-corrected chi connectivity index (χ3v) is 6.51. The number of hydrogen-bond acceptors (Lipinski definition) is 6. The Balaban J connectivity index is 1.44. The van der Waals surface area contributed by atoms with Gasteiger partial charge in [0.2, 0.25) is 0 Å². The van der Waals surface area contributed by atoms with Crippen molar-refractivity contribution in [1.29, 1.82) is 0 Å². The van der Waals surface area contributed by atoms with Gasteiger partial charge in [0.1, 0.15) is 11.5 Å². The smallest absolute Gasteiger partial charge is 0.276 e. The molecule has 0 atom stereocenters. The maximum atomic E-state index is 13.3. The highest BCUT2D eigenvalue weighted by Gasteiger charge is 2.22. The van der Waals surface area contributed by atoms with Gasteiger partial charge >= 0.3 is 0 Å². The van der Waals surface area contributed by atoms with Gasteiger partial charge in [-0.25, -0.2) is 27.0 Å². The zero-order valence-corrected chi connectivity index (χ0v) is 20.5. The molecule has 3 aromatic heterocycles. The number of sulfone groups is 1. The number of rotatable bonds is 4. The molecule has 184 valence electrons. The third kappa shape index (κ3) is 4.96. The van der Waals surface area contributed by atoms with Crippen molar-refractivity contribution in [2.45, 2.75) is 11.9 Å². The molecule has 3 heterocycles. The fourth-order valence-electron chi connectivity index (χ4n) is 3.58. The second-order valence-electron chi connectivity index (χ2n) is 8.20. The lowest BCUT2D eigenvalue weighted by molar-refractivity contribution is 0.102. The molecule has 0 saturated heterocycles. The maximum Gasteiger partial charge on any atom is 0.276 e. The number of carbonyl (C=O) groups excluding carboxylic acids is 1. The number of aromatic nitrogens is 5. The average molecular weight is 515 g/mol. The van der Waals surface area contributed by atoms with Gasteiger partial charge in [-0.15, -0.1) is 0 Å². The molecule has 0 aliphatic carbocycles. The summed E-state index contributed by atoms with van der Waals surface area (Å²) in [5, 5.41) is 11.0. The van der Waals surface area contributed by atoms with Crippen LogP contribution < -0.4 is 5.32 Å². The predicted molar refractivity (Wildman–Crippen MR) is 135 cm³/mol. The number of carbonyl (C=O) groups is 1. The first-order chi connectivity index (χ1) is 17.7. The third-order valence-electron chi connectivity index (χ3n) is 5.46. The molecule has 0 unspecified atom stereocenters. The molecule has 9 nitrogen and oxygen atoms in total. The number of nitrogens with zero attached hydrogens (tertiary/aromatic N) is 5. The molecule has 0 bridgehead atoms. The molecular formula is C26H19FN6O3S. The molecule has 37 heavy (non-hydrogen) atoms. The van der Waals surface area contributed by atoms with Crippen LogP contribution >= 0.6 is 0 Å². The Kier molecular flexibility index (Phi) is 6.02. The van der Waals surface area contributed by atoms with Gasteiger partial charge in [-0.2, -0.15) is 10.2 Å². The number of halogens is 1. The first kappa shape index (κ1) is 23.9. The summed E-state index contributed by atoms with van der Waals surface area (Å²) in [6.07, 6.45) is 4.29. The van der Waals surface area contributed by atoms with E-state index >= 15 is 0 Å². The molecule has 0 aliphatic rings. The normalized spacial score (nSPS) is 11.2. The number of amides is 1. The SMILES string of the molecule is Cc1ccc(NC(=O)c2cc(S(C)(=O)=O)n(-c3ccc(F)cc3)n2)cc1C#Cc1cnc2cccnn12. The first-order valence-electron chi connectivity index (χ1n) is 11.0. The fraction of sp³-hybridized carbons (Fsp3) is 0.0769. The Morgan fingerprint density at radius 2 is 1.84 bits per heavy atom. The van der Waals surface area contributed by atoms with Crippen LogP contribution in [-0.2, 0) is 9.84 Å². The van der Waals surface area contributed by atoms with E-state index in [1.165, 1.54) is 30.3 Å². The van der Waals surface area contributed by atoms with E-state index in [1.807, 2.05) is 19.1 Å². The van der Waals surface area contributed by atoms with E-state index in [1.54, 1.807) is 35.1 Å². The van der Waals surface area contributed by atoms with Gasteiger partial charge in [0.15, 0.2) is 26.2 Å². The average Bonchev–Trinajstić information content (AvgIpc) is 3.50. The summed E-state index contributed by atoms with van der Waals surface area (Å²) in [6, 6.07) is 15.1. The van der Waals surface area contributed by atoms with Gasteiger partial charge in [-0.05, 0) is 66.9 Å². The zero-order chi connectivity index (χ0) is 26.2. The Morgan fingerprint density at radius 3 is 2.59 bits per heavy atom. The van der Waals surface area contributed by atoms with Crippen LogP contribution in [0.1, 0.15) is 27.3 Å². The van der Waals surface area contributed by atoms with Crippen molar-refractivity contribution in [2.75, 3.05) is 11.6 Å². The van der Waals surface area contributed by atoms with Crippen LogP contribution in [0.3, 0.4) is 0 Å². The van der Waals surface area contributed by atoms with Crippen molar-refractivity contribution in [3.05, 3.63) is 101 Å². The topological polar surface area (TPSA) is 111 Å². The number of nitrogens with one attached hydrogen (secondary N) is 1. The quantitative estimate of drug-likeness (QED) is 0.368. The van der Waals surface area contributed by atoms with Gasteiger partial charge in [-0.1, -0.05) is 12.0 Å². The molecule has 11 heteroatoms. The summed E-state index contributed by atoms with van der Waals surface area (Å²) >= 11 is 0. The van der Waals surface area contributed by atoms with E-state index in [0.717, 1.165) is 16.5 Å². The van der Waals surface area contributed by atoms with E-state index in [4.69, 9.17) is 0 Å². The summed E-state index contributed by atoms with van der Waals surface area (Å²) in [5.74, 6) is 5.05. The van der Waals surface area contributed by atoms with Crippen LogP contribution in [0.5, 0.6) is 0 Å². The van der Waals surface area contributed by atoms with Crippen molar-refractivity contribution < 1.29 is 17.6 Å². The summed E-state index contributed by atoms with van der Waals surface area (Å²) in [5.41, 5.74) is 3.51. The lowest BCUT2D eigenvalue weighted by atomic mass is 10.1. The molecule has 0 spiro atoms. The number of aryl methyl sites for hydroxylation is 1. The second-order valence-corrected chi connectivity index (χ2v) is 10.2. The Labute approximate surface area is 211 Å². The minimum absolute atomic E-state index is 0.116. The van der Waals surface area contributed by atoms with Gasteiger partial charge in [0.05, 0.1) is 11.9 Å². The first-order valence-corrected chi connectivity index (χ1v) is 12.9. The Morgan fingerprint density at radius 1 is 1.05 bits per heavy atom. The lowest BCUT2D eigenvalue weighted by Gasteiger charge is -2.06. The van der Waals surface area contributed by atoms with Crippen LogP contribution in [0.4, 0.5) is 10.1 Å². The number of anilines is 1. The summed E-state index contributed by atoms with van der Waals surface area (Å²) in [7, 11) is -3.74. The van der Waals surface area contributed by atoms with E-state index in [9.17, 15) is 17.6 Å². The highest BCUT2D eigenvalue weighted by Crippen LogP contribution is 2.20. The van der Waals surface area contributed by atoms with Gasteiger partial charge < -0.3 is 5.32 Å². The maximum absolute atomic E-state index is 13.3. The van der Waals surface area contributed by atoms with Crippen LogP contribution in [-0.4, -0.2) is 45.0 Å². The molecular weight excluding hydrogens is 495 g/mol. The monoisotopic (exact) mass is 514 g/mol. The van der Waals surface area contributed by atoms with Gasteiger partial charge in [-0.3, -0.25) is 4.79 Å². The number of hydrogen-bond donors (Lipinski definition) is 1. The van der Waals surface area contributed by atoms with Crippen molar-refractivity contribution in [2.24, 2.45) is 0 Å². The predicted octanol–water partition coefficient (Wildman–Crippen LogP) is 3.42. The largest absolute Gasteiger partial charge is 0.321 e. The van der Waals surface area contributed by atoms with Crippen molar-refractivity contribution in [3.63, 3.8) is 0 Å². The highest BCUT2D eigenvalue weighted by atomic mass is 32.2. The summed E-state index contributed by atoms with van der Waals surface area (Å²) in [4.78, 5) is 17.2. The Bertz CT molecular complexity index is 1830. The molecule has 0 saturated carbocycles. The van der Waals surface area contributed by atoms with Crippen molar-refractivity contribution in [3.8, 4) is 17.5 Å². The lowest BCUT2D eigenvalue weighted by Crippen LogP contribution is -2.13. The molecule has 0 radical (unpaired) electrons. The number of benzene rings is 2. The van der Waals surface area contributed by atoms with Crippen LogP contribution in [0, 0.1) is 24.6 Å². The minimum atomic E-state index is -3.74. The number of fused-ring (bicyclic) bond motifs is 1. The molecule has 1 N–H and O–H groups in total. The van der Waals surface area contributed by atoms with E-state index in [2.05, 4.69) is 32.3 Å². The van der Waals surface area contributed by atoms with Gasteiger partial charge in [0, 0.05) is 29.8 Å². The minimum Gasteiger partial charge on any atom is -0.321 e. The van der Waals surface area contributed by atoms with Crippen LogP contribution in [0.2, 0.25) is 0 Å². The van der Waals surface area contributed by atoms with Crippen molar-refractivity contribution in [1.82, 2.24) is 24.4 Å². The van der Waals surface area contributed by atoms with E-state index in [-0.39, 0.29) is 10.7 Å². The molecule has 0 fully saturated rings. The Hall–Kier alpha value is -4.82. The van der Waals surface area contributed by atoms with E-state index < -0.39 is 21.6 Å². The van der Waals surface area contributed by atoms with Crippen LogP contribution in [0.15, 0.2) is 78.1 Å². The molecule has 5 aromatic rings. The van der Waals surface area contributed by atoms with E-state index in [0.29, 0.717) is 28.3 Å². The standard InChI is InChI=1S/C26H19FN6O3S/c1-17-5-9-20(14-18(17)6-10-22-16-28-24-4-3-13-29-32(22)24)30-26(34)23-15-25(37(2,35)36)33(31-23)21-11-7-19(27)8-12-21/h3-5,7-9,11-16H,1-2H3,(H,30,34).